The number of amides is 2. The lowest BCUT2D eigenvalue weighted by atomic mass is 10.1. The Morgan fingerprint density at radius 2 is 1.93 bits per heavy atom. The van der Waals surface area contributed by atoms with Crippen LogP contribution in [0.3, 0.4) is 0 Å². The van der Waals surface area contributed by atoms with Crippen LogP contribution in [0.5, 0.6) is 0 Å². The molecule has 0 radical (unpaired) electrons. The summed E-state index contributed by atoms with van der Waals surface area (Å²) >= 11 is 2.71. The fourth-order valence-electron chi connectivity index (χ4n) is 2.38. The number of aryl methyl sites for hydroxylation is 2. The van der Waals surface area contributed by atoms with Crippen LogP contribution < -0.4 is 10.6 Å². The van der Waals surface area contributed by atoms with Crippen molar-refractivity contribution in [3.05, 3.63) is 29.3 Å². The number of likely N-dealkylation sites (N-methyl/N-ethyl adjacent to an activating group) is 1. The maximum atomic E-state index is 12.3. The van der Waals surface area contributed by atoms with Crippen LogP contribution >= 0.6 is 23.1 Å². The molecule has 0 spiro atoms. The first kappa shape index (κ1) is 22.2. The van der Waals surface area contributed by atoms with Gasteiger partial charge >= 0.3 is 0 Å². The summed E-state index contributed by atoms with van der Waals surface area (Å²) in [5.41, 5.74) is 3.01. The number of carbonyl (C=O) groups excluding carboxylic acids is 2. The summed E-state index contributed by atoms with van der Waals surface area (Å²) in [7, 11) is 1.62. The van der Waals surface area contributed by atoms with E-state index in [0.717, 1.165) is 11.3 Å². The number of hydrogen-bond donors (Lipinski definition) is 2. The minimum Gasteiger partial charge on any atom is -0.350 e. The number of anilines is 2. The average Bonchev–Trinajstić information content (AvgIpc) is 3.01. The van der Waals surface area contributed by atoms with Gasteiger partial charge in [0.1, 0.15) is 0 Å². The van der Waals surface area contributed by atoms with Gasteiger partial charge in [-0.3, -0.25) is 9.59 Å². The van der Waals surface area contributed by atoms with Crippen molar-refractivity contribution in [1.29, 1.82) is 0 Å². The molecule has 0 atom stereocenters. The maximum Gasteiger partial charge on any atom is 0.240 e. The van der Waals surface area contributed by atoms with Crippen LogP contribution in [0.15, 0.2) is 22.5 Å². The van der Waals surface area contributed by atoms with Crippen molar-refractivity contribution in [1.82, 2.24) is 20.4 Å². The number of carbonyl (C=O) groups is 2. The molecule has 0 saturated carbocycles. The Labute approximate surface area is 174 Å². The predicted octanol–water partition coefficient (Wildman–Crippen LogP) is 3.36. The molecule has 2 rings (SSSR count). The highest BCUT2D eigenvalue weighted by Crippen LogP contribution is 2.29. The van der Waals surface area contributed by atoms with Crippen molar-refractivity contribution in [2.24, 2.45) is 0 Å². The summed E-state index contributed by atoms with van der Waals surface area (Å²) in [6.07, 6.45) is 0. The summed E-state index contributed by atoms with van der Waals surface area (Å²) in [6, 6.07) is 6.15. The highest BCUT2D eigenvalue weighted by molar-refractivity contribution is 8.01. The molecule has 0 aliphatic heterocycles. The van der Waals surface area contributed by atoms with Gasteiger partial charge in [0, 0.05) is 18.3 Å². The summed E-state index contributed by atoms with van der Waals surface area (Å²) < 4.78 is 0.702. The van der Waals surface area contributed by atoms with Crippen LogP contribution in [0.4, 0.5) is 10.8 Å². The Morgan fingerprint density at radius 1 is 1.21 bits per heavy atom. The lowest BCUT2D eigenvalue weighted by Crippen LogP contribution is -2.46. The van der Waals surface area contributed by atoms with E-state index in [9.17, 15) is 9.59 Å². The summed E-state index contributed by atoms with van der Waals surface area (Å²) in [5.74, 6) is -0.102. The van der Waals surface area contributed by atoms with E-state index in [0.29, 0.717) is 9.47 Å². The summed E-state index contributed by atoms with van der Waals surface area (Å²) in [5, 5.41) is 15.0. The Morgan fingerprint density at radius 3 is 2.57 bits per heavy atom. The smallest absolute Gasteiger partial charge is 0.240 e. The predicted molar refractivity (Wildman–Crippen MR) is 115 cm³/mol. The minimum atomic E-state index is -0.318. The largest absolute Gasteiger partial charge is 0.350 e. The van der Waals surface area contributed by atoms with Gasteiger partial charge in [-0.15, -0.1) is 10.2 Å². The number of nitrogens with zero attached hydrogens (tertiary/aromatic N) is 3. The van der Waals surface area contributed by atoms with E-state index in [1.54, 1.807) is 7.05 Å². The van der Waals surface area contributed by atoms with Gasteiger partial charge in [0.2, 0.25) is 16.9 Å². The molecule has 0 aliphatic carbocycles. The fraction of sp³-hybridized carbons (Fsp3) is 0.474. The average molecular weight is 422 g/mol. The van der Waals surface area contributed by atoms with E-state index in [-0.39, 0.29) is 29.7 Å². The third-order valence-corrected chi connectivity index (χ3v) is 5.63. The van der Waals surface area contributed by atoms with E-state index in [4.69, 9.17) is 0 Å². The molecule has 0 unspecified atom stereocenters. The Balaban J connectivity index is 1.84. The van der Waals surface area contributed by atoms with Crippen molar-refractivity contribution in [2.45, 2.75) is 44.5 Å². The van der Waals surface area contributed by atoms with Crippen molar-refractivity contribution >= 4 is 45.7 Å². The van der Waals surface area contributed by atoms with E-state index < -0.39 is 0 Å². The van der Waals surface area contributed by atoms with Gasteiger partial charge in [-0.1, -0.05) is 40.8 Å². The molecule has 0 aliphatic rings. The number of hydrogen-bond acceptors (Lipinski definition) is 7. The summed E-state index contributed by atoms with van der Waals surface area (Å²) in [6.45, 7) is 9.84. The zero-order valence-electron chi connectivity index (χ0n) is 17.1. The van der Waals surface area contributed by atoms with Crippen molar-refractivity contribution < 1.29 is 9.59 Å². The number of thioether (sulfide) groups is 1. The number of aromatic nitrogens is 2. The topological polar surface area (TPSA) is 87.2 Å². The number of rotatable bonds is 7. The van der Waals surface area contributed by atoms with Gasteiger partial charge in [0.15, 0.2) is 4.34 Å². The van der Waals surface area contributed by atoms with Crippen molar-refractivity contribution in [3.63, 3.8) is 0 Å². The van der Waals surface area contributed by atoms with Crippen LogP contribution in [-0.2, 0) is 9.59 Å². The zero-order chi connectivity index (χ0) is 20.9. The molecule has 152 valence electrons. The normalized spacial score (nSPS) is 11.2. The van der Waals surface area contributed by atoms with Gasteiger partial charge in [0.05, 0.1) is 12.3 Å². The lowest BCUT2D eigenvalue weighted by molar-refractivity contribution is -0.133. The van der Waals surface area contributed by atoms with Gasteiger partial charge in [-0.25, -0.2) is 0 Å². The molecule has 0 bridgehead atoms. The second-order valence-corrected chi connectivity index (χ2v) is 9.85. The van der Waals surface area contributed by atoms with Crippen LogP contribution in [0.2, 0.25) is 0 Å². The van der Waals surface area contributed by atoms with Crippen LogP contribution in [0.25, 0.3) is 0 Å². The SMILES string of the molecule is Cc1ccc(Nc2nnc(SCC(=O)N(C)CC(=O)NC(C)(C)C)s2)c(C)c1. The number of benzene rings is 1. The molecule has 7 nitrogen and oxygen atoms in total. The van der Waals surface area contributed by atoms with Crippen molar-refractivity contribution in [2.75, 3.05) is 24.7 Å². The zero-order valence-corrected chi connectivity index (χ0v) is 18.8. The second kappa shape index (κ2) is 9.38. The third-order valence-electron chi connectivity index (χ3n) is 3.67. The first-order valence-electron chi connectivity index (χ1n) is 8.89. The van der Waals surface area contributed by atoms with E-state index in [2.05, 4.69) is 33.8 Å². The second-order valence-electron chi connectivity index (χ2n) is 7.65. The maximum absolute atomic E-state index is 12.3. The first-order chi connectivity index (χ1) is 13.0. The summed E-state index contributed by atoms with van der Waals surface area (Å²) in [4.78, 5) is 25.6. The lowest BCUT2D eigenvalue weighted by Gasteiger charge is -2.23. The van der Waals surface area contributed by atoms with Crippen LogP contribution in [0, 0.1) is 13.8 Å². The van der Waals surface area contributed by atoms with Gasteiger partial charge < -0.3 is 15.5 Å². The van der Waals surface area contributed by atoms with Gasteiger partial charge in [0.25, 0.3) is 0 Å². The van der Waals surface area contributed by atoms with E-state index in [1.165, 1.54) is 33.6 Å². The third kappa shape index (κ3) is 7.12. The molecule has 2 aromatic rings. The molecule has 0 saturated heterocycles. The minimum absolute atomic E-state index is 0.0340. The highest BCUT2D eigenvalue weighted by Gasteiger charge is 2.18. The fourth-order valence-corrected chi connectivity index (χ4v) is 4.09. The van der Waals surface area contributed by atoms with Gasteiger partial charge in [-0.2, -0.15) is 0 Å². The number of nitrogens with one attached hydrogen (secondary N) is 2. The molecule has 28 heavy (non-hydrogen) atoms. The van der Waals surface area contributed by atoms with E-state index in [1.807, 2.05) is 39.8 Å². The molecule has 0 fully saturated rings. The molecule has 1 heterocycles. The molecular formula is C19H27N5O2S2. The quantitative estimate of drug-likeness (QED) is 0.667. The van der Waals surface area contributed by atoms with Crippen molar-refractivity contribution in [3.8, 4) is 0 Å². The Hall–Kier alpha value is -2.13. The molecule has 9 heteroatoms. The molecule has 1 aromatic carbocycles. The molecule has 1 aromatic heterocycles. The standard InChI is InChI=1S/C19H27N5O2S2/c1-12-7-8-14(13(2)9-12)20-17-22-23-18(28-17)27-11-16(26)24(6)10-15(25)21-19(3,4)5/h7-9H,10-11H2,1-6H3,(H,20,22)(H,21,25). The van der Waals surface area contributed by atoms with Crippen LogP contribution in [-0.4, -0.2) is 51.8 Å². The Kier molecular flexibility index (Phi) is 7.42. The Bertz CT molecular complexity index is 845. The van der Waals surface area contributed by atoms with Crippen LogP contribution in [0.1, 0.15) is 31.9 Å². The van der Waals surface area contributed by atoms with E-state index >= 15 is 0 Å². The molecule has 2 N–H and O–H groups in total. The first-order valence-corrected chi connectivity index (χ1v) is 10.7. The highest BCUT2D eigenvalue weighted by atomic mass is 32.2. The molecular weight excluding hydrogens is 394 g/mol. The van der Waals surface area contributed by atoms with Gasteiger partial charge in [-0.05, 0) is 46.2 Å². The molecule has 2 amide bonds. The monoisotopic (exact) mass is 421 g/mol.